The van der Waals surface area contributed by atoms with Crippen molar-refractivity contribution in [1.82, 2.24) is 15.1 Å². The zero-order valence-corrected chi connectivity index (χ0v) is 19.3. The van der Waals surface area contributed by atoms with Crippen LogP contribution in [0.15, 0.2) is 43.5 Å². The first-order valence-electron chi connectivity index (χ1n) is 10.7. The molecule has 0 amide bonds. The summed E-state index contributed by atoms with van der Waals surface area (Å²) >= 11 is 0. The van der Waals surface area contributed by atoms with Crippen LogP contribution in [0.25, 0.3) is 22.2 Å². The maximum atomic E-state index is 10.4. The Balaban J connectivity index is 0.000000590. The fourth-order valence-electron chi connectivity index (χ4n) is 3.43. The number of aromatic nitrogens is 2. The van der Waals surface area contributed by atoms with E-state index in [4.69, 9.17) is 0 Å². The van der Waals surface area contributed by atoms with Crippen molar-refractivity contribution in [3.63, 3.8) is 0 Å². The molecule has 4 nitrogen and oxygen atoms in total. The summed E-state index contributed by atoms with van der Waals surface area (Å²) in [5.41, 5.74) is 8.16. The van der Waals surface area contributed by atoms with Gasteiger partial charge in [0.2, 0.25) is 0 Å². The van der Waals surface area contributed by atoms with Crippen molar-refractivity contribution in [3.05, 3.63) is 71.4 Å². The SMILES string of the molecule is C=C(C)c1ccc2c(c1)CN(C(=C)c1cc3c(C)[nH]nc3cc1O)C2.CC.CCC. The summed E-state index contributed by atoms with van der Waals surface area (Å²) in [4.78, 5) is 2.20. The van der Waals surface area contributed by atoms with Crippen LogP contribution in [0.5, 0.6) is 5.75 Å². The molecule has 2 heterocycles. The Kier molecular flexibility index (Phi) is 7.87. The molecule has 4 heteroatoms. The van der Waals surface area contributed by atoms with Crippen LogP contribution in [0.1, 0.15) is 69.0 Å². The molecule has 1 aliphatic rings. The maximum absolute atomic E-state index is 10.4. The topological polar surface area (TPSA) is 52.2 Å². The molecule has 0 spiro atoms. The number of aromatic amines is 1. The van der Waals surface area contributed by atoms with Gasteiger partial charge in [0.25, 0.3) is 0 Å². The fourth-order valence-corrected chi connectivity index (χ4v) is 3.43. The summed E-state index contributed by atoms with van der Waals surface area (Å²) in [5, 5.41) is 18.6. The number of phenols is 1. The third kappa shape index (κ3) is 4.76. The van der Waals surface area contributed by atoms with Gasteiger partial charge in [-0.05, 0) is 42.7 Å². The Morgan fingerprint density at radius 3 is 2.37 bits per heavy atom. The first-order chi connectivity index (χ1) is 14.3. The van der Waals surface area contributed by atoms with Crippen molar-refractivity contribution in [2.24, 2.45) is 0 Å². The lowest BCUT2D eigenvalue weighted by Gasteiger charge is -2.21. The lowest BCUT2D eigenvalue weighted by Crippen LogP contribution is -2.13. The molecule has 3 aromatic rings. The molecular weight excluding hydrogens is 370 g/mol. The van der Waals surface area contributed by atoms with Gasteiger partial charge in [0, 0.05) is 41.5 Å². The minimum Gasteiger partial charge on any atom is -0.507 e. The molecule has 1 aromatic heterocycles. The van der Waals surface area contributed by atoms with E-state index in [9.17, 15) is 5.11 Å². The fraction of sp³-hybridized carbons (Fsp3) is 0.346. The van der Waals surface area contributed by atoms with Crippen LogP contribution in [0.3, 0.4) is 0 Å². The van der Waals surface area contributed by atoms with Gasteiger partial charge in [0.1, 0.15) is 5.75 Å². The predicted molar refractivity (Wildman–Crippen MR) is 129 cm³/mol. The van der Waals surface area contributed by atoms with Gasteiger partial charge >= 0.3 is 0 Å². The van der Waals surface area contributed by atoms with Gasteiger partial charge in [-0.2, -0.15) is 5.10 Å². The molecule has 0 aliphatic carbocycles. The molecule has 1 aliphatic heterocycles. The highest BCUT2D eigenvalue weighted by atomic mass is 16.3. The van der Waals surface area contributed by atoms with E-state index in [2.05, 4.69) is 60.3 Å². The number of hydrogen-bond acceptors (Lipinski definition) is 3. The Hall–Kier alpha value is -3.01. The number of nitrogens with one attached hydrogen (secondary N) is 1. The molecule has 160 valence electrons. The van der Waals surface area contributed by atoms with Crippen LogP contribution in [0, 0.1) is 6.92 Å². The molecule has 0 bridgehead atoms. The van der Waals surface area contributed by atoms with E-state index in [0.717, 1.165) is 46.5 Å². The largest absolute Gasteiger partial charge is 0.507 e. The summed E-state index contributed by atoms with van der Waals surface area (Å²) in [6, 6.07) is 10.1. The first-order valence-corrected chi connectivity index (χ1v) is 10.7. The Bertz CT molecular complexity index is 1050. The third-order valence-electron chi connectivity index (χ3n) is 4.98. The monoisotopic (exact) mass is 405 g/mol. The minimum atomic E-state index is 0.211. The number of aryl methyl sites for hydroxylation is 1. The second-order valence-corrected chi connectivity index (χ2v) is 7.51. The van der Waals surface area contributed by atoms with Crippen molar-refractivity contribution < 1.29 is 5.11 Å². The van der Waals surface area contributed by atoms with E-state index in [1.165, 1.54) is 23.1 Å². The highest BCUT2D eigenvalue weighted by Crippen LogP contribution is 2.36. The standard InChI is InChI=1S/C21H21N3O.C3H8.C2H6/c1-12(2)15-5-6-16-10-24(11-17(16)7-15)14(4)19-8-18-13(3)22-23-20(18)9-21(19)25;1-3-2;1-2/h5-9,25H,1,4,10-11H2,2-3H3,(H,22,23);3H2,1-2H3;1-2H3. The van der Waals surface area contributed by atoms with Gasteiger partial charge in [-0.1, -0.05) is 65.0 Å². The number of nitrogens with zero attached hydrogens (tertiary/aromatic N) is 2. The Labute approximate surface area is 180 Å². The molecular formula is C26H35N3O. The molecule has 0 saturated heterocycles. The Morgan fingerprint density at radius 2 is 1.73 bits per heavy atom. The zero-order chi connectivity index (χ0) is 22.4. The third-order valence-corrected chi connectivity index (χ3v) is 4.98. The van der Waals surface area contributed by atoms with Crippen molar-refractivity contribution in [2.75, 3.05) is 0 Å². The highest BCUT2D eigenvalue weighted by molar-refractivity contribution is 5.87. The second-order valence-electron chi connectivity index (χ2n) is 7.51. The van der Waals surface area contributed by atoms with E-state index in [1.54, 1.807) is 6.07 Å². The number of fused-ring (bicyclic) bond motifs is 2. The van der Waals surface area contributed by atoms with E-state index in [0.29, 0.717) is 0 Å². The number of phenolic OH excluding ortho intramolecular Hbond substituents is 1. The average molecular weight is 406 g/mol. The van der Waals surface area contributed by atoms with Gasteiger partial charge in [-0.25, -0.2) is 0 Å². The van der Waals surface area contributed by atoms with Crippen molar-refractivity contribution in [1.29, 1.82) is 0 Å². The number of rotatable bonds is 3. The number of allylic oxidation sites excluding steroid dienone is 1. The summed E-state index contributed by atoms with van der Waals surface area (Å²) < 4.78 is 0. The van der Waals surface area contributed by atoms with Crippen LogP contribution < -0.4 is 0 Å². The van der Waals surface area contributed by atoms with Crippen LogP contribution in [-0.4, -0.2) is 20.2 Å². The summed E-state index contributed by atoms with van der Waals surface area (Å²) in [6.07, 6.45) is 1.25. The number of benzene rings is 2. The van der Waals surface area contributed by atoms with Gasteiger partial charge in [0.15, 0.2) is 0 Å². The molecule has 0 fully saturated rings. The molecule has 30 heavy (non-hydrogen) atoms. The highest BCUT2D eigenvalue weighted by Gasteiger charge is 2.23. The summed E-state index contributed by atoms with van der Waals surface area (Å²) in [5.74, 6) is 0.211. The number of H-pyrrole nitrogens is 1. The molecule has 2 aromatic carbocycles. The number of aromatic hydroxyl groups is 1. The van der Waals surface area contributed by atoms with Crippen molar-refractivity contribution in [2.45, 2.75) is 61.1 Å². The van der Waals surface area contributed by atoms with E-state index in [1.807, 2.05) is 33.8 Å². The van der Waals surface area contributed by atoms with Gasteiger partial charge in [-0.3, -0.25) is 5.10 Å². The van der Waals surface area contributed by atoms with Gasteiger partial charge in [-0.15, -0.1) is 0 Å². The van der Waals surface area contributed by atoms with Gasteiger partial charge < -0.3 is 10.0 Å². The molecule has 0 saturated carbocycles. The smallest absolute Gasteiger partial charge is 0.127 e. The van der Waals surface area contributed by atoms with E-state index < -0.39 is 0 Å². The number of hydrogen-bond donors (Lipinski definition) is 2. The lowest BCUT2D eigenvalue weighted by atomic mass is 10.0. The lowest BCUT2D eigenvalue weighted by molar-refractivity contribution is 0.417. The van der Waals surface area contributed by atoms with Gasteiger partial charge in [0.05, 0.1) is 5.52 Å². The van der Waals surface area contributed by atoms with Crippen LogP contribution in [0.2, 0.25) is 0 Å². The molecule has 2 N–H and O–H groups in total. The van der Waals surface area contributed by atoms with Crippen LogP contribution >= 0.6 is 0 Å². The second kappa shape index (κ2) is 10.1. The maximum Gasteiger partial charge on any atom is 0.127 e. The van der Waals surface area contributed by atoms with Crippen molar-refractivity contribution in [3.8, 4) is 5.75 Å². The van der Waals surface area contributed by atoms with E-state index >= 15 is 0 Å². The zero-order valence-electron chi connectivity index (χ0n) is 19.3. The molecule has 4 rings (SSSR count). The van der Waals surface area contributed by atoms with Crippen molar-refractivity contribution >= 4 is 22.2 Å². The normalized spacial score (nSPS) is 11.9. The quantitative estimate of drug-likeness (QED) is 0.491. The van der Waals surface area contributed by atoms with E-state index in [-0.39, 0.29) is 5.75 Å². The van der Waals surface area contributed by atoms with Crippen LogP contribution in [-0.2, 0) is 13.1 Å². The minimum absolute atomic E-state index is 0.211. The summed E-state index contributed by atoms with van der Waals surface area (Å²) in [6.45, 7) is 22.1. The van der Waals surface area contributed by atoms with Crippen LogP contribution in [0.4, 0.5) is 0 Å². The first kappa shape index (κ1) is 23.3. The predicted octanol–water partition coefficient (Wildman–Crippen LogP) is 7.04. The summed E-state index contributed by atoms with van der Waals surface area (Å²) in [7, 11) is 0. The molecule has 0 atom stereocenters. The molecule has 0 radical (unpaired) electrons. The molecule has 0 unspecified atom stereocenters. The Morgan fingerprint density at radius 1 is 1.10 bits per heavy atom. The average Bonchev–Trinajstić information content (AvgIpc) is 3.32.